The Morgan fingerprint density at radius 2 is 2.39 bits per heavy atom. The highest BCUT2D eigenvalue weighted by Crippen LogP contribution is 2.03. The average molecular weight is 256 g/mol. The molecule has 1 aromatic rings. The Kier molecular flexibility index (Phi) is 5.84. The fraction of sp³-hybridized carbons (Fsp3) is 0.583. The van der Waals surface area contributed by atoms with Crippen molar-refractivity contribution in [1.29, 1.82) is 0 Å². The minimum Gasteiger partial charge on any atom is -0.467 e. The number of primary amides is 1. The van der Waals surface area contributed by atoms with Gasteiger partial charge in [0.05, 0.1) is 25.0 Å². The molecule has 1 rings (SSSR count). The van der Waals surface area contributed by atoms with Gasteiger partial charge in [0.25, 0.3) is 0 Å². The van der Waals surface area contributed by atoms with Crippen LogP contribution < -0.4 is 5.73 Å². The van der Waals surface area contributed by atoms with E-state index in [2.05, 4.69) is 0 Å². The molecule has 3 N–H and O–H groups in total. The number of aliphatic hydroxyl groups excluding tert-OH is 1. The summed E-state index contributed by atoms with van der Waals surface area (Å²) in [5.74, 6) is 0.294. The molecule has 1 unspecified atom stereocenters. The van der Waals surface area contributed by atoms with Crippen molar-refractivity contribution in [3.63, 3.8) is 0 Å². The number of likely N-dealkylation sites (N-methyl/N-ethyl adjacent to an activating group) is 1. The number of nitrogens with two attached hydrogens (primary N) is 1. The number of ether oxygens (including phenoxy) is 1. The van der Waals surface area contributed by atoms with Crippen LogP contribution in [0.1, 0.15) is 12.7 Å². The molecule has 2 atom stereocenters. The van der Waals surface area contributed by atoms with E-state index in [1.165, 1.54) is 0 Å². The zero-order chi connectivity index (χ0) is 13.5. The van der Waals surface area contributed by atoms with Crippen molar-refractivity contribution in [3.05, 3.63) is 24.2 Å². The third kappa shape index (κ3) is 4.87. The van der Waals surface area contributed by atoms with Crippen LogP contribution in [0.4, 0.5) is 0 Å². The van der Waals surface area contributed by atoms with E-state index in [-0.39, 0.29) is 6.61 Å². The van der Waals surface area contributed by atoms with Crippen LogP contribution >= 0.6 is 0 Å². The van der Waals surface area contributed by atoms with Crippen LogP contribution in [0.25, 0.3) is 0 Å². The van der Waals surface area contributed by atoms with E-state index in [0.717, 1.165) is 0 Å². The van der Waals surface area contributed by atoms with Gasteiger partial charge in [-0.25, -0.2) is 0 Å². The number of furan rings is 1. The minimum atomic E-state index is -0.674. The van der Waals surface area contributed by atoms with E-state index < -0.39 is 18.1 Å². The van der Waals surface area contributed by atoms with E-state index in [1.807, 2.05) is 0 Å². The van der Waals surface area contributed by atoms with Crippen molar-refractivity contribution in [3.8, 4) is 0 Å². The highest BCUT2D eigenvalue weighted by atomic mass is 16.5. The normalized spacial score (nSPS) is 14.7. The second-order valence-electron chi connectivity index (χ2n) is 4.27. The van der Waals surface area contributed by atoms with Crippen molar-refractivity contribution < 1.29 is 19.1 Å². The lowest BCUT2D eigenvalue weighted by atomic mass is 10.2. The molecule has 6 nitrogen and oxygen atoms in total. The Morgan fingerprint density at radius 3 is 2.94 bits per heavy atom. The molecule has 1 amide bonds. The molecule has 0 aliphatic rings. The molecular weight excluding hydrogens is 236 g/mol. The van der Waals surface area contributed by atoms with Gasteiger partial charge in [-0.3, -0.25) is 9.69 Å². The second kappa shape index (κ2) is 7.15. The van der Waals surface area contributed by atoms with Gasteiger partial charge in [-0.1, -0.05) is 0 Å². The predicted octanol–water partition coefficient (Wildman–Crippen LogP) is -0.0373. The average Bonchev–Trinajstić information content (AvgIpc) is 2.80. The standard InChI is InChI=1S/C12H20N2O4/c1-9(12(13)16)14(2)6-10(15)7-17-8-11-4-3-5-18-11/h3-5,9-10,15H,6-8H2,1-2H3,(H2,13,16)/t9-,10?/m1/s1. The number of nitrogens with zero attached hydrogens (tertiary/aromatic N) is 1. The van der Waals surface area contributed by atoms with Gasteiger partial charge in [0.1, 0.15) is 12.4 Å². The van der Waals surface area contributed by atoms with Crippen molar-refractivity contribution in [1.82, 2.24) is 4.90 Å². The molecule has 0 aromatic carbocycles. The molecule has 0 bridgehead atoms. The van der Waals surface area contributed by atoms with Crippen LogP contribution in [-0.4, -0.2) is 48.3 Å². The van der Waals surface area contributed by atoms with Crippen molar-refractivity contribution in [2.75, 3.05) is 20.2 Å². The molecule has 0 saturated carbocycles. The van der Waals surface area contributed by atoms with Gasteiger partial charge >= 0.3 is 0 Å². The van der Waals surface area contributed by atoms with Gasteiger partial charge < -0.3 is 20.0 Å². The Labute approximate surface area is 106 Å². The molecule has 1 heterocycles. The summed E-state index contributed by atoms with van der Waals surface area (Å²) in [5.41, 5.74) is 5.17. The Hall–Kier alpha value is -1.37. The van der Waals surface area contributed by atoms with E-state index in [1.54, 1.807) is 37.3 Å². The first-order chi connectivity index (χ1) is 8.50. The summed E-state index contributed by atoms with van der Waals surface area (Å²) < 4.78 is 10.4. The van der Waals surface area contributed by atoms with Gasteiger partial charge in [-0.2, -0.15) is 0 Å². The highest BCUT2D eigenvalue weighted by molar-refractivity contribution is 5.79. The largest absolute Gasteiger partial charge is 0.467 e. The summed E-state index contributed by atoms with van der Waals surface area (Å²) in [5, 5.41) is 9.73. The summed E-state index contributed by atoms with van der Waals surface area (Å²) in [6.07, 6.45) is 0.893. The Bertz CT molecular complexity index is 353. The number of rotatable bonds is 8. The smallest absolute Gasteiger partial charge is 0.234 e. The van der Waals surface area contributed by atoms with Crippen LogP contribution in [0.3, 0.4) is 0 Å². The molecule has 0 saturated heterocycles. The van der Waals surface area contributed by atoms with E-state index in [9.17, 15) is 9.90 Å². The maximum atomic E-state index is 10.9. The number of carbonyl (C=O) groups excluding carboxylic acids is 1. The first kappa shape index (κ1) is 14.7. The maximum Gasteiger partial charge on any atom is 0.234 e. The Balaban J connectivity index is 2.20. The fourth-order valence-corrected chi connectivity index (χ4v) is 1.45. The lowest BCUT2D eigenvalue weighted by Gasteiger charge is -2.24. The lowest BCUT2D eigenvalue weighted by Crippen LogP contribution is -2.44. The summed E-state index contributed by atoms with van der Waals surface area (Å²) in [6, 6.07) is 3.16. The van der Waals surface area contributed by atoms with Gasteiger partial charge in [0.2, 0.25) is 5.91 Å². The van der Waals surface area contributed by atoms with Gasteiger partial charge in [0.15, 0.2) is 0 Å². The maximum absolute atomic E-state index is 10.9. The van der Waals surface area contributed by atoms with Crippen LogP contribution in [0.2, 0.25) is 0 Å². The topological polar surface area (TPSA) is 88.9 Å². The van der Waals surface area contributed by atoms with Crippen molar-refractivity contribution in [2.45, 2.75) is 25.7 Å². The van der Waals surface area contributed by atoms with Gasteiger partial charge in [0, 0.05) is 6.54 Å². The van der Waals surface area contributed by atoms with Gasteiger partial charge in [-0.15, -0.1) is 0 Å². The van der Waals surface area contributed by atoms with Gasteiger partial charge in [-0.05, 0) is 26.1 Å². The quantitative estimate of drug-likeness (QED) is 0.681. The number of aliphatic hydroxyl groups is 1. The second-order valence-corrected chi connectivity index (χ2v) is 4.27. The van der Waals surface area contributed by atoms with E-state index in [0.29, 0.717) is 18.9 Å². The molecular formula is C12H20N2O4. The van der Waals surface area contributed by atoms with E-state index >= 15 is 0 Å². The number of hydrogen-bond acceptors (Lipinski definition) is 5. The van der Waals surface area contributed by atoms with Crippen molar-refractivity contribution >= 4 is 5.91 Å². The van der Waals surface area contributed by atoms with E-state index in [4.69, 9.17) is 14.9 Å². The molecule has 0 fully saturated rings. The van der Waals surface area contributed by atoms with Crippen LogP contribution in [0.5, 0.6) is 0 Å². The minimum absolute atomic E-state index is 0.177. The van der Waals surface area contributed by atoms with Crippen LogP contribution in [0.15, 0.2) is 22.8 Å². The summed E-state index contributed by atoms with van der Waals surface area (Å²) in [4.78, 5) is 12.6. The molecule has 0 aliphatic carbocycles. The molecule has 102 valence electrons. The molecule has 0 aliphatic heterocycles. The highest BCUT2D eigenvalue weighted by Gasteiger charge is 2.17. The molecule has 18 heavy (non-hydrogen) atoms. The lowest BCUT2D eigenvalue weighted by molar-refractivity contribution is -0.122. The SMILES string of the molecule is C[C@H](C(N)=O)N(C)CC(O)COCc1ccco1. The van der Waals surface area contributed by atoms with Crippen LogP contribution in [0, 0.1) is 0 Å². The fourth-order valence-electron chi connectivity index (χ4n) is 1.45. The number of carbonyl (C=O) groups is 1. The zero-order valence-electron chi connectivity index (χ0n) is 10.7. The summed E-state index contributed by atoms with van der Waals surface area (Å²) >= 11 is 0. The molecule has 1 aromatic heterocycles. The van der Waals surface area contributed by atoms with Crippen molar-refractivity contribution in [2.24, 2.45) is 5.73 Å². The first-order valence-electron chi connectivity index (χ1n) is 5.78. The monoisotopic (exact) mass is 256 g/mol. The zero-order valence-corrected chi connectivity index (χ0v) is 10.7. The number of hydrogen-bond donors (Lipinski definition) is 2. The summed E-state index contributed by atoms with van der Waals surface area (Å²) in [6.45, 7) is 2.51. The first-order valence-corrected chi connectivity index (χ1v) is 5.78. The third-order valence-corrected chi connectivity index (χ3v) is 2.71. The summed E-state index contributed by atoms with van der Waals surface area (Å²) in [7, 11) is 1.73. The predicted molar refractivity (Wildman–Crippen MR) is 65.7 cm³/mol. The Morgan fingerprint density at radius 1 is 1.67 bits per heavy atom. The third-order valence-electron chi connectivity index (χ3n) is 2.71. The molecule has 6 heteroatoms. The molecule has 0 spiro atoms. The molecule has 0 radical (unpaired) electrons. The van der Waals surface area contributed by atoms with Crippen LogP contribution in [-0.2, 0) is 16.1 Å². The number of amides is 1.